The van der Waals surface area contributed by atoms with Gasteiger partial charge in [0.05, 0.1) is 23.0 Å². The first-order valence-corrected chi connectivity index (χ1v) is 41.5. The molecule has 0 aromatic heterocycles. The van der Waals surface area contributed by atoms with Gasteiger partial charge in [-0.25, -0.2) is 14.4 Å². The van der Waals surface area contributed by atoms with Crippen molar-refractivity contribution in [1.82, 2.24) is 21.3 Å². The van der Waals surface area contributed by atoms with Gasteiger partial charge in [-0.15, -0.1) is 0 Å². The van der Waals surface area contributed by atoms with Crippen molar-refractivity contribution in [2.24, 2.45) is 5.92 Å². The van der Waals surface area contributed by atoms with Crippen LogP contribution >= 0.6 is 0 Å². The van der Waals surface area contributed by atoms with Crippen LogP contribution in [-0.2, 0) is 88.7 Å². The maximum absolute atomic E-state index is 14.4. The molecule has 5 aromatic rings. The van der Waals surface area contributed by atoms with E-state index in [1.165, 1.54) is 0 Å². The average Bonchev–Trinajstić information content (AvgIpc) is 1.60. The third kappa shape index (κ3) is 26.7. The van der Waals surface area contributed by atoms with Crippen LogP contribution in [0.15, 0.2) is 180 Å². The summed E-state index contributed by atoms with van der Waals surface area (Å²) in [6.45, 7) is 9.57. The number of para-hydroxylation sites is 2. The van der Waals surface area contributed by atoms with Crippen LogP contribution in [0.4, 0.5) is 16.2 Å². The van der Waals surface area contributed by atoms with E-state index in [2.05, 4.69) is 94.9 Å². The van der Waals surface area contributed by atoms with Crippen LogP contribution < -0.4 is 30.9 Å². The monoisotopic (exact) mass is 1580 g/mol. The SMILES string of the molecule is CC1(C)C(=CC=C2CCCC(C=CC3=[N+](CCCCS(=O)(=O)O)c4ccccc4C3(C)C)=C2Oc2ccc(C[C@H](NC(=O)CCCCC(=O)[C@H](Cc3ccccc3)NC(=O)[C@@H](CC(=O)CCCC(=O)CC[C@H](NC(=O)NCCCC(=O)O)C(=O)O)Cc3ccccc3)C(=O)O)cc2)N(CCCCS(=O)(=O)O)c2ccccc21. The Morgan fingerprint density at radius 3 is 1.81 bits per heavy atom. The molecular weight excluding hydrogens is 1470 g/mol. The van der Waals surface area contributed by atoms with Crippen LogP contribution in [-0.4, -0.2) is 154 Å². The molecule has 0 saturated carbocycles. The van der Waals surface area contributed by atoms with Crippen LogP contribution in [0.1, 0.15) is 178 Å². The minimum Gasteiger partial charge on any atom is -0.481 e. The Morgan fingerprint density at radius 2 is 1.15 bits per heavy atom. The van der Waals surface area contributed by atoms with Gasteiger partial charge in [0, 0.05) is 111 Å². The number of rotatable bonds is 46. The van der Waals surface area contributed by atoms with Gasteiger partial charge in [0.25, 0.3) is 20.2 Å². The molecule has 0 fully saturated rings. The Labute approximate surface area is 655 Å². The summed E-state index contributed by atoms with van der Waals surface area (Å²) in [6, 6.07) is 36.7. The first-order chi connectivity index (χ1) is 53.3. The normalized spacial score (nSPS) is 16.3. The predicted molar refractivity (Wildman–Crippen MR) is 426 cm³/mol. The van der Waals surface area contributed by atoms with Crippen LogP contribution in [0.5, 0.6) is 5.75 Å². The maximum Gasteiger partial charge on any atom is 0.326 e. The van der Waals surface area contributed by atoms with Crippen molar-refractivity contribution in [1.29, 1.82) is 0 Å². The minimum absolute atomic E-state index is 0.000282. The summed E-state index contributed by atoms with van der Waals surface area (Å²) >= 11 is 0. The summed E-state index contributed by atoms with van der Waals surface area (Å²) in [7, 11) is -8.30. The molecule has 5 aromatic carbocycles. The number of urea groups is 1. The largest absolute Gasteiger partial charge is 0.481 e. The lowest BCUT2D eigenvalue weighted by molar-refractivity contribution is -0.438. The number of unbranched alkanes of at least 4 members (excludes halogenated alkanes) is 3. The number of aliphatic carboxylic acids is 3. The number of nitrogens with one attached hydrogen (secondary N) is 4. The number of hydrogen-bond acceptors (Lipinski definition) is 15. The molecule has 3 aliphatic rings. The van der Waals surface area contributed by atoms with Gasteiger partial charge in [-0.1, -0.05) is 129 Å². The van der Waals surface area contributed by atoms with E-state index in [-0.39, 0.29) is 145 Å². The first-order valence-electron chi connectivity index (χ1n) is 38.3. The number of benzene rings is 5. The van der Waals surface area contributed by atoms with Crippen molar-refractivity contribution < 1.29 is 93.7 Å². The molecule has 25 nitrogen and oxygen atoms in total. The van der Waals surface area contributed by atoms with E-state index in [4.69, 9.17) is 9.84 Å². The molecule has 8 rings (SSSR count). The lowest BCUT2D eigenvalue weighted by Crippen LogP contribution is -2.46. The van der Waals surface area contributed by atoms with Gasteiger partial charge in [-0.2, -0.15) is 21.4 Å². The van der Waals surface area contributed by atoms with Gasteiger partial charge in [0.2, 0.25) is 17.5 Å². The van der Waals surface area contributed by atoms with Crippen molar-refractivity contribution in [2.45, 2.75) is 198 Å². The second kappa shape index (κ2) is 41.3. The quantitative estimate of drug-likeness (QED) is 0.00992. The Bertz CT molecular complexity index is 4590. The highest BCUT2D eigenvalue weighted by Gasteiger charge is 2.45. The van der Waals surface area contributed by atoms with Gasteiger partial charge in [-0.3, -0.25) is 37.9 Å². The molecule has 4 atom stereocenters. The summed E-state index contributed by atoms with van der Waals surface area (Å²) in [4.78, 5) is 119. The second-order valence-corrected chi connectivity index (χ2v) is 33.1. The third-order valence-electron chi connectivity index (χ3n) is 20.6. The molecule has 0 spiro atoms. The van der Waals surface area contributed by atoms with Gasteiger partial charge in [0.1, 0.15) is 41.7 Å². The summed E-state index contributed by atoms with van der Waals surface area (Å²) < 4.78 is 75.1. The Morgan fingerprint density at radius 1 is 0.554 bits per heavy atom. The summed E-state index contributed by atoms with van der Waals surface area (Å²) in [5.41, 5.74) is 9.14. The predicted octanol–water partition coefficient (Wildman–Crippen LogP) is 12.0. The van der Waals surface area contributed by atoms with Gasteiger partial charge in [0.15, 0.2) is 11.5 Å². The molecule has 0 bridgehead atoms. The fourth-order valence-electron chi connectivity index (χ4n) is 14.6. The number of ketones is 3. The van der Waals surface area contributed by atoms with E-state index in [1.54, 1.807) is 48.5 Å². The molecular formula is C85H105N6O19S2+. The zero-order chi connectivity index (χ0) is 81.2. The van der Waals surface area contributed by atoms with Crippen LogP contribution in [0, 0.1) is 5.92 Å². The number of carboxylic acids is 3. The zero-order valence-corrected chi connectivity index (χ0v) is 65.7. The van der Waals surface area contributed by atoms with Crippen molar-refractivity contribution in [3.8, 4) is 5.75 Å². The van der Waals surface area contributed by atoms with Gasteiger partial charge < -0.3 is 46.2 Å². The number of fused-ring (bicyclic) bond motifs is 2. The lowest BCUT2D eigenvalue weighted by Gasteiger charge is -2.27. The lowest BCUT2D eigenvalue weighted by atomic mass is 9.81. The number of hydrogen-bond donors (Lipinski definition) is 9. The molecule has 112 heavy (non-hydrogen) atoms. The fourth-order valence-corrected chi connectivity index (χ4v) is 15.7. The number of carboxylic acid groups (broad SMARTS) is 3. The van der Waals surface area contributed by atoms with E-state index < -0.39 is 90.9 Å². The number of amides is 4. The van der Waals surface area contributed by atoms with E-state index in [0.29, 0.717) is 55.8 Å². The van der Waals surface area contributed by atoms with E-state index >= 15 is 0 Å². The molecule has 9 N–H and O–H groups in total. The summed E-state index contributed by atoms with van der Waals surface area (Å²) in [6.07, 6.45) is 11.7. The number of ether oxygens (including phenoxy) is 1. The van der Waals surface area contributed by atoms with Crippen LogP contribution in [0.3, 0.4) is 0 Å². The standard InChI is InChI=1S/C85H104N6O19S2/c1-84(2)67-32-11-13-34-72(67)90(50-17-19-52-111(104,105)106)75(84)47-41-61-28-21-29-62(42-48-76-85(3,4)68-33-12-14-35-73(68)91(76)51-18-20-53-112(107,108)109)79(61)110-66-44-39-60(40-45-66)56-71(82(101)102)87-77(95)37-16-15-36-74(94)70(55-59-26-9-6-10-27-59)88-80(98)63(54-58-24-7-5-8-25-58)57-65(93)31-22-30-64(92)43-46-69(81(99)100)89-83(103)86-49-23-38-78(96)97/h5-14,24-27,32-35,39-42,44-45,47-48,63,69-71H,15-23,28-31,36-38,43,46,49-57H2,1-4H3,(H8-,86,87,88,89,95,96,97,98,99,100,101,102,103,104,105,106,107,108,109)/p+1/t63-,69+,70+,71+/m1/s1. The van der Waals surface area contributed by atoms with Crippen LogP contribution in [0.25, 0.3) is 0 Å². The van der Waals surface area contributed by atoms with E-state index in [9.17, 15) is 79.3 Å². The Hall–Kier alpha value is -10.2. The maximum atomic E-state index is 14.4. The minimum atomic E-state index is -4.15. The van der Waals surface area contributed by atoms with Crippen molar-refractivity contribution in [3.63, 3.8) is 0 Å². The highest BCUT2D eigenvalue weighted by Crippen LogP contribution is 2.48. The van der Waals surface area contributed by atoms with Crippen molar-refractivity contribution in [2.75, 3.05) is 36.0 Å². The third-order valence-corrected chi connectivity index (χ3v) is 22.2. The molecule has 2 heterocycles. The molecule has 4 amide bonds. The Balaban J connectivity index is 0.924. The highest BCUT2D eigenvalue weighted by atomic mass is 32.2. The molecule has 0 saturated heterocycles. The number of Topliss-reactive ketones (excluding diaryl/α,β-unsaturated/α-hetero) is 3. The topological polar surface area (TPSA) is 387 Å². The Kier molecular flexibility index (Phi) is 32.3. The van der Waals surface area contributed by atoms with Crippen molar-refractivity contribution in [3.05, 3.63) is 208 Å². The molecule has 2 aliphatic heterocycles. The first kappa shape index (κ1) is 87.4. The number of anilines is 1. The van der Waals surface area contributed by atoms with Gasteiger partial charge in [-0.05, 0) is 161 Å². The van der Waals surface area contributed by atoms with Crippen molar-refractivity contribution >= 4 is 90.4 Å². The zero-order valence-electron chi connectivity index (χ0n) is 64.1. The van der Waals surface area contributed by atoms with E-state index in [0.717, 1.165) is 62.6 Å². The molecule has 27 heteroatoms. The second-order valence-electron chi connectivity index (χ2n) is 29.9. The smallest absolute Gasteiger partial charge is 0.326 e. The molecule has 1 aliphatic carbocycles. The summed E-state index contributed by atoms with van der Waals surface area (Å²) in [5.74, 6) is -6.29. The molecule has 0 radical (unpaired) electrons. The number of carbonyl (C=O) groups excluding carboxylic acids is 6. The highest BCUT2D eigenvalue weighted by molar-refractivity contribution is 7.86. The van der Waals surface area contributed by atoms with Gasteiger partial charge >= 0.3 is 23.9 Å². The fraction of sp³-hybridized carbons (Fsp3) is 0.435. The van der Waals surface area contributed by atoms with Crippen LogP contribution in [0.2, 0.25) is 0 Å². The number of allylic oxidation sites excluding steroid dienone is 7. The average molecular weight is 1580 g/mol. The van der Waals surface area contributed by atoms with E-state index in [1.807, 2.05) is 72.8 Å². The summed E-state index contributed by atoms with van der Waals surface area (Å²) in [5, 5.41) is 39.2. The molecule has 0 unspecified atom stereocenters. The molecule has 600 valence electrons. The number of carbonyl (C=O) groups is 9. The number of nitrogens with zero attached hydrogens (tertiary/aromatic N) is 2.